The summed E-state index contributed by atoms with van der Waals surface area (Å²) in [6.45, 7) is 11.8. The summed E-state index contributed by atoms with van der Waals surface area (Å²) in [5.41, 5.74) is 2.77. The van der Waals surface area contributed by atoms with Gasteiger partial charge in [0.15, 0.2) is 0 Å². The van der Waals surface area contributed by atoms with E-state index in [2.05, 4.69) is 31.1 Å². The Morgan fingerprint density at radius 3 is 2.42 bits per heavy atom. The number of ether oxygens (including phenoxy) is 1. The number of hydrogen-bond donors (Lipinski definition) is 2. The quantitative estimate of drug-likeness (QED) is 0.447. The van der Waals surface area contributed by atoms with Crippen LogP contribution in [-0.4, -0.2) is 44.1 Å². The zero-order valence-corrected chi connectivity index (χ0v) is 22.5. The Labute approximate surface area is 213 Å². The van der Waals surface area contributed by atoms with Gasteiger partial charge in [-0.05, 0) is 73.6 Å². The first-order valence-corrected chi connectivity index (χ1v) is 13.9. The van der Waals surface area contributed by atoms with Gasteiger partial charge in [0.1, 0.15) is 5.82 Å². The average Bonchev–Trinajstić information content (AvgIpc) is 3.21. The second-order valence-electron chi connectivity index (χ2n) is 10.5. The summed E-state index contributed by atoms with van der Waals surface area (Å²) >= 11 is 0. The standard InChI is InChI=1S/C27H36N4O4S/c1-6-31(36(33,34)22-10-7-20(8-11-22)28-18(2)32)21-9-12-23-24(17-21)30-26(29-23)25(27(3,4)5)19-13-15-35-16-14-19/h7-12,17,19,25H,6,13-16H2,1-5H3,(H,28,32)(H,29,30). The highest BCUT2D eigenvalue weighted by Gasteiger charge is 2.36. The Balaban J connectivity index is 1.67. The summed E-state index contributed by atoms with van der Waals surface area (Å²) in [4.78, 5) is 19.9. The number of anilines is 2. The number of carbonyl (C=O) groups is 1. The fraction of sp³-hybridized carbons (Fsp3) is 0.481. The van der Waals surface area contributed by atoms with E-state index in [4.69, 9.17) is 9.72 Å². The molecule has 2 N–H and O–H groups in total. The van der Waals surface area contributed by atoms with E-state index in [1.807, 2.05) is 25.1 Å². The van der Waals surface area contributed by atoms with Crippen molar-refractivity contribution < 1.29 is 17.9 Å². The van der Waals surface area contributed by atoms with Crippen LogP contribution in [0.5, 0.6) is 0 Å². The molecule has 2 aromatic carbocycles. The topological polar surface area (TPSA) is 104 Å². The number of nitrogens with zero attached hydrogens (tertiary/aromatic N) is 2. The van der Waals surface area contributed by atoms with Crippen molar-refractivity contribution in [1.29, 1.82) is 0 Å². The summed E-state index contributed by atoms with van der Waals surface area (Å²) in [6, 6.07) is 11.8. The second-order valence-corrected chi connectivity index (χ2v) is 12.4. The molecular formula is C27H36N4O4S. The summed E-state index contributed by atoms with van der Waals surface area (Å²) in [5.74, 6) is 1.45. The second kappa shape index (κ2) is 10.2. The van der Waals surface area contributed by atoms with E-state index in [0.29, 0.717) is 17.3 Å². The van der Waals surface area contributed by atoms with Gasteiger partial charge in [0, 0.05) is 38.3 Å². The van der Waals surface area contributed by atoms with Crippen LogP contribution in [-0.2, 0) is 19.6 Å². The van der Waals surface area contributed by atoms with Crippen LogP contribution in [0.1, 0.15) is 59.2 Å². The van der Waals surface area contributed by atoms with Crippen LogP contribution in [0, 0.1) is 11.3 Å². The number of nitrogens with one attached hydrogen (secondary N) is 2. The summed E-state index contributed by atoms with van der Waals surface area (Å²) in [6.07, 6.45) is 2.01. The molecule has 194 valence electrons. The predicted octanol–water partition coefficient (Wildman–Crippen LogP) is 5.29. The van der Waals surface area contributed by atoms with Crippen molar-refractivity contribution in [2.75, 3.05) is 29.4 Å². The lowest BCUT2D eigenvalue weighted by Crippen LogP contribution is -2.31. The normalized spacial score (nSPS) is 16.1. The maximum atomic E-state index is 13.5. The number of hydrogen-bond acceptors (Lipinski definition) is 5. The largest absolute Gasteiger partial charge is 0.381 e. The van der Waals surface area contributed by atoms with E-state index in [9.17, 15) is 13.2 Å². The first kappa shape index (κ1) is 26.2. The number of amides is 1. The molecule has 1 saturated heterocycles. The SMILES string of the molecule is CCN(c1ccc2[nH]c(C(C3CCOCC3)C(C)(C)C)nc2c1)S(=O)(=O)c1ccc(NC(C)=O)cc1. The van der Waals surface area contributed by atoms with Crippen LogP contribution in [0.25, 0.3) is 11.0 Å². The highest BCUT2D eigenvalue weighted by molar-refractivity contribution is 7.92. The van der Waals surface area contributed by atoms with E-state index in [0.717, 1.165) is 42.9 Å². The fourth-order valence-corrected chi connectivity index (χ4v) is 6.70. The van der Waals surface area contributed by atoms with Crippen molar-refractivity contribution in [2.45, 2.75) is 58.3 Å². The average molecular weight is 513 g/mol. The highest BCUT2D eigenvalue weighted by Crippen LogP contribution is 2.44. The molecule has 4 rings (SSSR count). The van der Waals surface area contributed by atoms with Gasteiger partial charge in [-0.1, -0.05) is 20.8 Å². The van der Waals surface area contributed by atoms with Crippen molar-refractivity contribution in [3.05, 3.63) is 48.3 Å². The highest BCUT2D eigenvalue weighted by atomic mass is 32.2. The van der Waals surface area contributed by atoms with Gasteiger partial charge in [-0.2, -0.15) is 0 Å². The van der Waals surface area contributed by atoms with Crippen LogP contribution < -0.4 is 9.62 Å². The van der Waals surface area contributed by atoms with Crippen molar-refractivity contribution in [2.24, 2.45) is 11.3 Å². The molecule has 1 amide bonds. The Morgan fingerprint density at radius 1 is 1.17 bits per heavy atom. The van der Waals surface area contributed by atoms with Crippen LogP contribution in [0.4, 0.5) is 11.4 Å². The van der Waals surface area contributed by atoms with Crippen LogP contribution >= 0.6 is 0 Å². The molecule has 0 bridgehead atoms. The number of carbonyl (C=O) groups excluding carboxylic acids is 1. The van der Waals surface area contributed by atoms with Gasteiger partial charge in [0.2, 0.25) is 5.91 Å². The maximum Gasteiger partial charge on any atom is 0.264 e. The molecule has 9 heteroatoms. The zero-order chi connectivity index (χ0) is 26.1. The number of aromatic nitrogens is 2. The van der Waals surface area contributed by atoms with Gasteiger partial charge < -0.3 is 15.0 Å². The van der Waals surface area contributed by atoms with Crippen LogP contribution in [0.15, 0.2) is 47.4 Å². The van der Waals surface area contributed by atoms with Gasteiger partial charge >= 0.3 is 0 Å². The minimum absolute atomic E-state index is 0.0148. The number of fused-ring (bicyclic) bond motifs is 1. The lowest BCUT2D eigenvalue weighted by atomic mass is 9.70. The fourth-order valence-electron chi connectivity index (χ4n) is 5.24. The minimum Gasteiger partial charge on any atom is -0.381 e. The molecule has 1 unspecified atom stereocenters. The third-order valence-corrected chi connectivity index (χ3v) is 8.70. The number of aromatic amines is 1. The van der Waals surface area contributed by atoms with E-state index >= 15 is 0 Å². The first-order chi connectivity index (χ1) is 17.0. The van der Waals surface area contributed by atoms with Gasteiger partial charge in [0.25, 0.3) is 10.0 Å². The van der Waals surface area contributed by atoms with Crippen molar-refractivity contribution >= 4 is 38.3 Å². The smallest absolute Gasteiger partial charge is 0.264 e. The van der Waals surface area contributed by atoms with Gasteiger partial charge in [-0.3, -0.25) is 9.10 Å². The molecule has 0 aliphatic carbocycles. The first-order valence-electron chi connectivity index (χ1n) is 12.5. The maximum absolute atomic E-state index is 13.5. The monoisotopic (exact) mass is 512 g/mol. The minimum atomic E-state index is -3.80. The summed E-state index contributed by atoms with van der Waals surface area (Å²) < 4.78 is 33.9. The molecule has 8 nitrogen and oxygen atoms in total. The molecule has 1 aliphatic rings. The molecule has 1 aliphatic heterocycles. The van der Waals surface area contributed by atoms with Crippen LogP contribution in [0.3, 0.4) is 0 Å². The number of imidazole rings is 1. The molecular weight excluding hydrogens is 476 g/mol. The van der Waals surface area contributed by atoms with Crippen molar-refractivity contribution in [3.63, 3.8) is 0 Å². The number of sulfonamides is 1. The Morgan fingerprint density at radius 2 is 1.83 bits per heavy atom. The molecule has 1 fully saturated rings. The van der Waals surface area contributed by atoms with Gasteiger partial charge in [-0.25, -0.2) is 13.4 Å². The molecule has 36 heavy (non-hydrogen) atoms. The molecule has 0 saturated carbocycles. The van der Waals surface area contributed by atoms with E-state index in [-0.39, 0.29) is 28.7 Å². The third kappa shape index (κ3) is 5.42. The number of H-pyrrole nitrogens is 1. The van der Waals surface area contributed by atoms with E-state index in [1.54, 1.807) is 12.1 Å². The number of rotatable bonds is 7. The Hall–Kier alpha value is -2.91. The predicted molar refractivity (Wildman–Crippen MR) is 143 cm³/mol. The molecule has 0 spiro atoms. The zero-order valence-electron chi connectivity index (χ0n) is 21.7. The summed E-state index contributed by atoms with van der Waals surface area (Å²) in [5, 5.41) is 2.66. The lowest BCUT2D eigenvalue weighted by Gasteiger charge is -2.37. The Kier molecular flexibility index (Phi) is 7.43. The molecule has 1 aromatic heterocycles. The number of benzene rings is 2. The Bertz CT molecular complexity index is 1320. The van der Waals surface area contributed by atoms with E-state index < -0.39 is 10.0 Å². The van der Waals surface area contributed by atoms with Gasteiger partial charge in [-0.15, -0.1) is 0 Å². The molecule has 0 radical (unpaired) electrons. The molecule has 3 aromatic rings. The third-order valence-electron chi connectivity index (χ3n) is 6.79. The van der Waals surface area contributed by atoms with Crippen molar-refractivity contribution in [1.82, 2.24) is 9.97 Å². The van der Waals surface area contributed by atoms with Gasteiger partial charge in [0.05, 0.1) is 21.6 Å². The lowest BCUT2D eigenvalue weighted by molar-refractivity contribution is -0.114. The van der Waals surface area contributed by atoms with E-state index in [1.165, 1.54) is 23.4 Å². The molecule has 2 heterocycles. The summed E-state index contributed by atoms with van der Waals surface area (Å²) in [7, 11) is -3.80. The molecule has 1 atom stereocenters. The van der Waals surface area contributed by atoms with Crippen LogP contribution in [0.2, 0.25) is 0 Å². The van der Waals surface area contributed by atoms with Crippen molar-refractivity contribution in [3.8, 4) is 0 Å².